The van der Waals surface area contributed by atoms with Crippen molar-refractivity contribution in [1.29, 1.82) is 0 Å². The van der Waals surface area contributed by atoms with E-state index in [0.717, 1.165) is 12.1 Å². The van der Waals surface area contributed by atoms with E-state index in [1.807, 2.05) is 0 Å². The Bertz CT molecular complexity index is 1190. The van der Waals surface area contributed by atoms with Crippen LogP contribution in [-0.4, -0.2) is 44.5 Å². The molecule has 0 aliphatic rings. The van der Waals surface area contributed by atoms with E-state index in [9.17, 15) is 22.8 Å². The van der Waals surface area contributed by atoms with Gasteiger partial charge in [-0.1, -0.05) is 12.1 Å². The van der Waals surface area contributed by atoms with Gasteiger partial charge in [0.1, 0.15) is 17.1 Å². The van der Waals surface area contributed by atoms with Crippen LogP contribution in [0.3, 0.4) is 0 Å². The summed E-state index contributed by atoms with van der Waals surface area (Å²) in [5.74, 6) is 0.0916. The number of Topliss-reactive ketones (excluding diaryl/α,β-unsaturated/α-hetero) is 1. The second kappa shape index (κ2) is 10.2. The number of nitrogens with zero attached hydrogens (tertiary/aromatic N) is 1. The molecule has 3 rings (SSSR count). The normalized spacial score (nSPS) is 11.0. The minimum atomic E-state index is -4.47. The molecule has 0 saturated heterocycles. The van der Waals surface area contributed by atoms with Crippen LogP contribution in [0.15, 0.2) is 54.6 Å². The van der Waals surface area contributed by atoms with Crippen LogP contribution in [0.1, 0.15) is 26.4 Å². The van der Waals surface area contributed by atoms with Gasteiger partial charge in [-0.25, -0.2) is 4.98 Å². The van der Waals surface area contributed by atoms with Crippen LogP contribution in [0.25, 0.3) is 11.3 Å². The SMILES string of the molecule is COc1ccc(C(=O)NCC(=O)c2ccc(OC)c(-c3ccc(C(F)(F)F)cc3)n2)cc1OC. The van der Waals surface area contributed by atoms with Crippen LogP contribution in [0.4, 0.5) is 13.2 Å². The number of carbonyl (C=O) groups excluding carboxylic acids is 2. The fourth-order valence-electron chi connectivity index (χ4n) is 3.12. The molecule has 1 heterocycles. The Kier molecular flexibility index (Phi) is 7.40. The lowest BCUT2D eigenvalue weighted by Gasteiger charge is -2.12. The lowest BCUT2D eigenvalue weighted by molar-refractivity contribution is -0.137. The number of methoxy groups -OCH3 is 3. The molecule has 7 nitrogen and oxygen atoms in total. The number of halogens is 3. The number of aromatic nitrogens is 1. The largest absolute Gasteiger partial charge is 0.494 e. The molecule has 0 unspecified atom stereocenters. The number of hydrogen-bond donors (Lipinski definition) is 1. The molecule has 0 aliphatic heterocycles. The Hall–Kier alpha value is -4.08. The van der Waals surface area contributed by atoms with Crippen molar-refractivity contribution >= 4 is 11.7 Å². The average Bonchev–Trinajstić information content (AvgIpc) is 2.85. The number of nitrogens with one attached hydrogen (secondary N) is 1. The van der Waals surface area contributed by atoms with Crippen LogP contribution in [0.5, 0.6) is 17.2 Å². The Labute approximate surface area is 193 Å². The molecule has 0 spiro atoms. The molecule has 1 N–H and O–H groups in total. The summed E-state index contributed by atoms with van der Waals surface area (Å²) >= 11 is 0. The highest BCUT2D eigenvalue weighted by molar-refractivity contribution is 6.01. The van der Waals surface area contributed by atoms with Gasteiger partial charge in [-0.05, 0) is 42.5 Å². The zero-order valence-corrected chi connectivity index (χ0v) is 18.5. The summed E-state index contributed by atoms with van der Waals surface area (Å²) in [6.45, 7) is -0.348. The molecule has 34 heavy (non-hydrogen) atoms. The molecule has 0 atom stereocenters. The molecule has 0 bridgehead atoms. The summed E-state index contributed by atoms with van der Waals surface area (Å²) < 4.78 is 54.1. The van der Waals surface area contributed by atoms with Crippen molar-refractivity contribution in [3.8, 4) is 28.5 Å². The van der Waals surface area contributed by atoms with Crippen LogP contribution in [0, 0.1) is 0 Å². The van der Waals surface area contributed by atoms with Gasteiger partial charge >= 0.3 is 6.18 Å². The molecule has 10 heteroatoms. The van der Waals surface area contributed by atoms with Gasteiger partial charge in [0.15, 0.2) is 17.3 Å². The topological polar surface area (TPSA) is 86.8 Å². The number of carbonyl (C=O) groups is 2. The number of amides is 1. The quantitative estimate of drug-likeness (QED) is 0.487. The molecular weight excluding hydrogens is 453 g/mol. The summed E-state index contributed by atoms with van der Waals surface area (Å²) in [6.07, 6.45) is -4.47. The number of alkyl halides is 3. The van der Waals surface area contributed by atoms with Crippen molar-refractivity contribution in [2.24, 2.45) is 0 Å². The van der Waals surface area contributed by atoms with Crippen molar-refractivity contribution in [2.45, 2.75) is 6.18 Å². The van der Waals surface area contributed by atoms with Crippen molar-refractivity contribution in [1.82, 2.24) is 10.3 Å². The monoisotopic (exact) mass is 474 g/mol. The number of hydrogen-bond acceptors (Lipinski definition) is 6. The predicted octanol–water partition coefficient (Wildman–Crippen LogP) is 4.41. The Morgan fingerprint density at radius 2 is 1.47 bits per heavy atom. The standard InChI is InChI=1S/C24H21F3N2O5/c1-32-19-10-6-15(12-21(19)34-3)23(31)28-13-18(30)17-9-11-20(33-2)22(29-17)14-4-7-16(8-5-14)24(25,26)27/h4-12H,13H2,1-3H3,(H,28,31). The lowest BCUT2D eigenvalue weighted by Crippen LogP contribution is -2.30. The van der Waals surface area contributed by atoms with Gasteiger partial charge in [0, 0.05) is 11.1 Å². The summed E-state index contributed by atoms with van der Waals surface area (Å²) in [5, 5.41) is 2.52. The molecule has 0 saturated carbocycles. The van der Waals surface area contributed by atoms with Crippen molar-refractivity contribution < 1.29 is 37.0 Å². The maximum atomic E-state index is 12.9. The summed E-state index contributed by atoms with van der Waals surface area (Å²) in [4.78, 5) is 29.4. The molecule has 178 valence electrons. The third-order valence-electron chi connectivity index (χ3n) is 4.90. The molecule has 2 aromatic carbocycles. The Balaban J connectivity index is 1.77. The third kappa shape index (κ3) is 5.45. The first-order chi connectivity index (χ1) is 16.2. The van der Waals surface area contributed by atoms with Crippen LogP contribution in [-0.2, 0) is 6.18 Å². The van der Waals surface area contributed by atoms with E-state index in [4.69, 9.17) is 14.2 Å². The van der Waals surface area contributed by atoms with E-state index in [1.165, 1.54) is 57.7 Å². The smallest absolute Gasteiger partial charge is 0.416 e. The first-order valence-electron chi connectivity index (χ1n) is 9.94. The van der Waals surface area contributed by atoms with E-state index in [1.54, 1.807) is 6.07 Å². The lowest BCUT2D eigenvalue weighted by atomic mass is 10.1. The van der Waals surface area contributed by atoms with E-state index in [-0.39, 0.29) is 29.2 Å². The molecule has 1 aromatic heterocycles. The summed E-state index contributed by atoms with van der Waals surface area (Å²) in [6, 6.07) is 11.8. The van der Waals surface area contributed by atoms with Gasteiger partial charge in [-0.3, -0.25) is 9.59 Å². The average molecular weight is 474 g/mol. The second-order valence-electron chi connectivity index (χ2n) is 7.00. The van der Waals surface area contributed by atoms with E-state index in [0.29, 0.717) is 17.1 Å². The molecule has 1 amide bonds. The number of ketones is 1. The van der Waals surface area contributed by atoms with Crippen molar-refractivity contribution in [2.75, 3.05) is 27.9 Å². The number of pyridine rings is 1. The molecule has 0 radical (unpaired) electrons. The first kappa shape index (κ1) is 24.6. The highest BCUT2D eigenvalue weighted by Gasteiger charge is 2.30. The molecule has 0 fully saturated rings. The highest BCUT2D eigenvalue weighted by Crippen LogP contribution is 2.33. The molecular formula is C24H21F3N2O5. The van der Waals surface area contributed by atoms with Crippen molar-refractivity contribution in [3.63, 3.8) is 0 Å². The van der Waals surface area contributed by atoms with Crippen molar-refractivity contribution in [3.05, 3.63) is 71.4 Å². The third-order valence-corrected chi connectivity index (χ3v) is 4.90. The van der Waals surface area contributed by atoms with Crippen LogP contribution < -0.4 is 19.5 Å². The van der Waals surface area contributed by atoms with E-state index >= 15 is 0 Å². The second-order valence-corrected chi connectivity index (χ2v) is 7.00. The van der Waals surface area contributed by atoms with Crippen LogP contribution in [0.2, 0.25) is 0 Å². The number of ether oxygens (including phenoxy) is 3. The molecule has 0 aliphatic carbocycles. The Morgan fingerprint density at radius 1 is 0.853 bits per heavy atom. The van der Waals surface area contributed by atoms with Gasteiger partial charge in [0.2, 0.25) is 0 Å². The summed E-state index contributed by atoms with van der Waals surface area (Å²) in [7, 11) is 4.29. The minimum absolute atomic E-state index is 0.0170. The number of rotatable bonds is 8. The fourth-order valence-corrected chi connectivity index (χ4v) is 3.12. The van der Waals surface area contributed by atoms with E-state index in [2.05, 4.69) is 10.3 Å². The van der Waals surface area contributed by atoms with Gasteiger partial charge in [-0.2, -0.15) is 13.2 Å². The van der Waals surface area contributed by atoms with Crippen LogP contribution >= 0.6 is 0 Å². The maximum Gasteiger partial charge on any atom is 0.416 e. The minimum Gasteiger partial charge on any atom is -0.494 e. The maximum absolute atomic E-state index is 12.9. The van der Waals surface area contributed by atoms with Gasteiger partial charge in [-0.15, -0.1) is 0 Å². The zero-order chi connectivity index (χ0) is 24.9. The molecule has 3 aromatic rings. The summed E-state index contributed by atoms with van der Waals surface area (Å²) in [5.41, 5.74) is 0.0179. The van der Waals surface area contributed by atoms with Gasteiger partial charge in [0.05, 0.1) is 33.4 Å². The van der Waals surface area contributed by atoms with Gasteiger partial charge < -0.3 is 19.5 Å². The fraction of sp³-hybridized carbons (Fsp3) is 0.208. The number of benzene rings is 2. The van der Waals surface area contributed by atoms with E-state index < -0.39 is 23.4 Å². The zero-order valence-electron chi connectivity index (χ0n) is 18.5. The van der Waals surface area contributed by atoms with Gasteiger partial charge in [0.25, 0.3) is 5.91 Å². The highest BCUT2D eigenvalue weighted by atomic mass is 19.4. The first-order valence-corrected chi connectivity index (χ1v) is 9.94. The Morgan fingerprint density at radius 3 is 2.06 bits per heavy atom. The predicted molar refractivity (Wildman–Crippen MR) is 117 cm³/mol.